The first-order valence-electron chi connectivity index (χ1n) is 11.5. The van der Waals surface area contributed by atoms with E-state index < -0.39 is 0 Å². The standard InChI is InChI=1S/C26H32N4O3/c1-19(2)33-18-17-30-25(31)23(20-7-5-4-6-8-20)24(26(30)32)27-21-9-11-22(12-10-21)29-15-13-28(3)14-16-29/h4-12,19,27H,13-18H2,1-3H3. The maximum atomic E-state index is 13.2. The zero-order valence-electron chi connectivity index (χ0n) is 19.6. The highest BCUT2D eigenvalue weighted by atomic mass is 16.5. The van der Waals surface area contributed by atoms with Crippen LogP contribution in [-0.2, 0) is 14.3 Å². The van der Waals surface area contributed by atoms with E-state index in [-0.39, 0.29) is 24.5 Å². The summed E-state index contributed by atoms with van der Waals surface area (Å²) >= 11 is 0. The summed E-state index contributed by atoms with van der Waals surface area (Å²) in [5, 5.41) is 3.24. The molecule has 7 nitrogen and oxygen atoms in total. The van der Waals surface area contributed by atoms with Gasteiger partial charge in [0.1, 0.15) is 5.70 Å². The van der Waals surface area contributed by atoms with Crippen LogP contribution in [0.2, 0.25) is 0 Å². The van der Waals surface area contributed by atoms with Crippen molar-refractivity contribution >= 4 is 28.8 Å². The molecule has 2 aromatic rings. The number of likely N-dealkylation sites (N-methyl/N-ethyl adjacent to an activating group) is 1. The van der Waals surface area contributed by atoms with Gasteiger partial charge in [-0.3, -0.25) is 14.5 Å². The molecule has 2 amide bonds. The summed E-state index contributed by atoms with van der Waals surface area (Å²) in [6.45, 7) is 8.46. The lowest BCUT2D eigenvalue weighted by Crippen LogP contribution is -2.44. The molecular formula is C26H32N4O3. The third-order valence-electron chi connectivity index (χ3n) is 6.00. The van der Waals surface area contributed by atoms with Crippen molar-refractivity contribution < 1.29 is 14.3 Å². The Kier molecular flexibility index (Phi) is 7.11. The molecule has 2 aliphatic rings. The second-order valence-corrected chi connectivity index (χ2v) is 8.76. The normalized spacial score (nSPS) is 17.5. The Morgan fingerprint density at radius 2 is 1.58 bits per heavy atom. The van der Waals surface area contributed by atoms with Gasteiger partial charge in [-0.2, -0.15) is 0 Å². The van der Waals surface area contributed by atoms with Crippen LogP contribution in [0.1, 0.15) is 19.4 Å². The topological polar surface area (TPSA) is 65.1 Å². The average Bonchev–Trinajstić information content (AvgIpc) is 3.04. The largest absolute Gasteiger partial charge is 0.377 e. The van der Waals surface area contributed by atoms with E-state index in [1.165, 1.54) is 4.90 Å². The van der Waals surface area contributed by atoms with Crippen LogP contribution in [0.15, 0.2) is 60.3 Å². The Morgan fingerprint density at radius 1 is 0.909 bits per heavy atom. The van der Waals surface area contributed by atoms with Crippen molar-refractivity contribution in [1.29, 1.82) is 0 Å². The number of hydrogen-bond acceptors (Lipinski definition) is 6. The predicted molar refractivity (Wildman–Crippen MR) is 131 cm³/mol. The van der Waals surface area contributed by atoms with Gasteiger partial charge in [0.2, 0.25) is 0 Å². The molecule has 4 rings (SSSR count). The van der Waals surface area contributed by atoms with Gasteiger partial charge in [0, 0.05) is 37.6 Å². The highest BCUT2D eigenvalue weighted by Gasteiger charge is 2.39. The van der Waals surface area contributed by atoms with Gasteiger partial charge in [-0.25, -0.2) is 0 Å². The minimum Gasteiger partial charge on any atom is -0.377 e. The fraction of sp³-hybridized carbons (Fsp3) is 0.385. The van der Waals surface area contributed by atoms with Crippen LogP contribution in [0.4, 0.5) is 11.4 Å². The van der Waals surface area contributed by atoms with E-state index in [9.17, 15) is 9.59 Å². The van der Waals surface area contributed by atoms with Gasteiger partial charge in [0.15, 0.2) is 0 Å². The Balaban J connectivity index is 1.55. The Morgan fingerprint density at radius 3 is 2.21 bits per heavy atom. The minimum absolute atomic E-state index is 0.0378. The van der Waals surface area contributed by atoms with Crippen molar-refractivity contribution in [3.8, 4) is 0 Å². The summed E-state index contributed by atoms with van der Waals surface area (Å²) in [4.78, 5) is 32.4. The lowest BCUT2D eigenvalue weighted by atomic mass is 10.0. The van der Waals surface area contributed by atoms with Gasteiger partial charge in [-0.1, -0.05) is 30.3 Å². The molecule has 0 bridgehead atoms. The number of nitrogens with zero attached hydrogens (tertiary/aromatic N) is 3. The third-order valence-corrected chi connectivity index (χ3v) is 6.00. The number of rotatable bonds is 8. The smallest absolute Gasteiger partial charge is 0.278 e. The second kappa shape index (κ2) is 10.2. The number of imide groups is 1. The number of hydrogen-bond donors (Lipinski definition) is 1. The molecule has 2 aliphatic heterocycles. The molecule has 33 heavy (non-hydrogen) atoms. The van der Waals surface area contributed by atoms with Gasteiger partial charge < -0.3 is 19.9 Å². The number of carbonyl (C=O) groups is 2. The van der Waals surface area contributed by atoms with Crippen LogP contribution in [0.25, 0.3) is 5.57 Å². The zero-order valence-corrected chi connectivity index (χ0v) is 19.6. The minimum atomic E-state index is -0.325. The molecule has 1 N–H and O–H groups in total. The molecule has 2 aromatic carbocycles. The maximum absolute atomic E-state index is 13.2. The van der Waals surface area contributed by atoms with Gasteiger partial charge in [-0.15, -0.1) is 0 Å². The highest BCUT2D eigenvalue weighted by Crippen LogP contribution is 2.31. The monoisotopic (exact) mass is 448 g/mol. The lowest BCUT2D eigenvalue weighted by molar-refractivity contribution is -0.137. The summed E-state index contributed by atoms with van der Waals surface area (Å²) in [6.07, 6.45) is 0.0378. The average molecular weight is 449 g/mol. The van der Waals surface area contributed by atoms with E-state index in [0.29, 0.717) is 17.9 Å². The molecule has 1 saturated heterocycles. The van der Waals surface area contributed by atoms with E-state index in [0.717, 1.165) is 43.1 Å². The predicted octanol–water partition coefficient (Wildman–Crippen LogP) is 3.06. The molecule has 0 spiro atoms. The SMILES string of the molecule is CC(C)OCCN1C(=O)C(Nc2ccc(N3CCN(C)CC3)cc2)=C(c2ccccc2)C1=O. The quantitative estimate of drug-likeness (QED) is 0.627. The summed E-state index contributed by atoms with van der Waals surface area (Å²) in [6, 6.07) is 17.4. The summed E-state index contributed by atoms with van der Waals surface area (Å²) in [5.41, 5.74) is 3.36. The fourth-order valence-electron chi connectivity index (χ4n) is 4.11. The van der Waals surface area contributed by atoms with Gasteiger partial charge in [0.05, 0.1) is 24.8 Å². The van der Waals surface area contributed by atoms with Crippen molar-refractivity contribution in [2.45, 2.75) is 20.0 Å². The molecule has 174 valence electrons. The molecule has 0 aromatic heterocycles. The van der Waals surface area contributed by atoms with Gasteiger partial charge >= 0.3 is 0 Å². The van der Waals surface area contributed by atoms with Gasteiger partial charge in [0.25, 0.3) is 11.8 Å². The molecule has 0 atom stereocenters. The number of nitrogens with one attached hydrogen (secondary N) is 1. The van der Waals surface area contributed by atoms with Crippen molar-refractivity contribution in [1.82, 2.24) is 9.80 Å². The highest BCUT2D eigenvalue weighted by molar-refractivity contribution is 6.36. The molecule has 0 radical (unpaired) electrons. The summed E-state index contributed by atoms with van der Waals surface area (Å²) in [7, 11) is 2.14. The molecule has 2 heterocycles. The Hall–Kier alpha value is -3.16. The first kappa shape index (κ1) is 23.0. The van der Waals surface area contributed by atoms with E-state index in [4.69, 9.17) is 4.74 Å². The number of ether oxygens (including phenoxy) is 1. The fourth-order valence-corrected chi connectivity index (χ4v) is 4.11. The van der Waals surface area contributed by atoms with Crippen LogP contribution in [0.3, 0.4) is 0 Å². The van der Waals surface area contributed by atoms with Crippen LogP contribution in [0.5, 0.6) is 0 Å². The lowest BCUT2D eigenvalue weighted by Gasteiger charge is -2.34. The molecule has 1 fully saturated rings. The molecule has 0 saturated carbocycles. The number of anilines is 2. The molecular weight excluding hydrogens is 416 g/mol. The number of piperazine rings is 1. The molecule has 7 heteroatoms. The first-order chi connectivity index (χ1) is 15.9. The van der Waals surface area contributed by atoms with Crippen molar-refractivity contribution in [2.24, 2.45) is 0 Å². The number of carbonyl (C=O) groups excluding carboxylic acids is 2. The Bertz CT molecular complexity index is 1010. The van der Waals surface area contributed by atoms with Crippen molar-refractivity contribution in [2.75, 3.05) is 56.6 Å². The third kappa shape index (κ3) is 5.26. The van der Waals surface area contributed by atoms with Crippen LogP contribution in [0, 0.1) is 0 Å². The van der Waals surface area contributed by atoms with Crippen LogP contribution >= 0.6 is 0 Å². The van der Waals surface area contributed by atoms with E-state index in [1.54, 1.807) is 0 Å². The van der Waals surface area contributed by atoms with Crippen LogP contribution in [-0.4, -0.2) is 74.1 Å². The first-order valence-corrected chi connectivity index (χ1v) is 11.5. The molecule has 0 aliphatic carbocycles. The van der Waals surface area contributed by atoms with Crippen molar-refractivity contribution in [3.63, 3.8) is 0 Å². The van der Waals surface area contributed by atoms with E-state index in [1.807, 2.05) is 56.3 Å². The van der Waals surface area contributed by atoms with Crippen molar-refractivity contribution in [3.05, 3.63) is 65.9 Å². The van der Waals surface area contributed by atoms with Gasteiger partial charge in [-0.05, 0) is 50.7 Å². The molecule has 0 unspecified atom stereocenters. The summed E-state index contributed by atoms with van der Waals surface area (Å²) in [5.74, 6) is -0.621. The second-order valence-electron chi connectivity index (χ2n) is 8.76. The zero-order chi connectivity index (χ0) is 23.4. The number of benzene rings is 2. The van der Waals surface area contributed by atoms with E-state index >= 15 is 0 Å². The van der Waals surface area contributed by atoms with Crippen LogP contribution < -0.4 is 10.2 Å². The van der Waals surface area contributed by atoms with E-state index in [2.05, 4.69) is 34.3 Å². The number of amides is 2. The maximum Gasteiger partial charge on any atom is 0.278 e. The Labute approximate surface area is 195 Å². The summed E-state index contributed by atoms with van der Waals surface area (Å²) < 4.78 is 5.58.